The van der Waals surface area contributed by atoms with Crippen molar-refractivity contribution in [3.63, 3.8) is 0 Å². The van der Waals surface area contributed by atoms with Crippen LogP contribution >= 0.6 is 22.9 Å². The Hall–Kier alpha value is -1.48. The molecule has 1 aromatic heterocycles. The van der Waals surface area contributed by atoms with Crippen molar-refractivity contribution in [3.8, 4) is 0 Å². The van der Waals surface area contributed by atoms with Gasteiger partial charge in [-0.3, -0.25) is 4.79 Å². The molecule has 0 aliphatic carbocycles. The number of halogens is 2. The van der Waals surface area contributed by atoms with Crippen LogP contribution in [0.2, 0.25) is 5.02 Å². The Labute approximate surface area is 154 Å². The molecule has 0 radical (unpaired) electrons. The highest BCUT2D eigenvalue weighted by atomic mass is 35.5. The second kappa shape index (κ2) is 7.41. The van der Waals surface area contributed by atoms with Crippen molar-refractivity contribution in [2.75, 3.05) is 13.1 Å². The van der Waals surface area contributed by atoms with Crippen molar-refractivity contribution < 1.29 is 17.6 Å². The fourth-order valence-corrected chi connectivity index (χ4v) is 5.72. The van der Waals surface area contributed by atoms with Crippen LogP contribution in [0.4, 0.5) is 4.39 Å². The standard InChI is InChI=1S/C16H16ClFN2O3S2/c17-11-3-5-14(18)13(9-11)16(21)19-10-12-4-6-15(24-12)25(22,23)20-7-1-2-8-20/h3-6,9H,1-2,7-8,10H2,(H,19,21). The lowest BCUT2D eigenvalue weighted by Gasteiger charge is -2.13. The summed E-state index contributed by atoms with van der Waals surface area (Å²) < 4.78 is 40.4. The Balaban J connectivity index is 1.67. The number of thiophene rings is 1. The Morgan fingerprint density at radius 1 is 1.24 bits per heavy atom. The fourth-order valence-electron chi connectivity index (χ4n) is 2.58. The van der Waals surface area contributed by atoms with Crippen LogP contribution < -0.4 is 5.32 Å². The molecule has 0 spiro atoms. The number of amides is 1. The zero-order chi connectivity index (χ0) is 18.0. The maximum absolute atomic E-state index is 13.7. The zero-order valence-electron chi connectivity index (χ0n) is 13.2. The van der Waals surface area contributed by atoms with Gasteiger partial charge >= 0.3 is 0 Å². The molecule has 1 aliphatic heterocycles. The third-order valence-electron chi connectivity index (χ3n) is 3.89. The summed E-state index contributed by atoms with van der Waals surface area (Å²) in [6.45, 7) is 1.20. The molecule has 134 valence electrons. The number of nitrogens with zero attached hydrogens (tertiary/aromatic N) is 1. The first-order valence-electron chi connectivity index (χ1n) is 7.70. The second-order valence-corrected chi connectivity index (χ2v) is 9.41. The molecule has 2 heterocycles. The zero-order valence-corrected chi connectivity index (χ0v) is 15.6. The van der Waals surface area contributed by atoms with Gasteiger partial charge < -0.3 is 5.32 Å². The number of benzene rings is 1. The van der Waals surface area contributed by atoms with Crippen molar-refractivity contribution in [3.05, 3.63) is 51.6 Å². The molecule has 3 rings (SSSR count). The number of hydrogen-bond acceptors (Lipinski definition) is 4. The molecular weight excluding hydrogens is 387 g/mol. The van der Waals surface area contributed by atoms with E-state index in [1.807, 2.05) is 0 Å². The molecule has 2 aromatic rings. The molecular formula is C16H16ClFN2O3S2. The monoisotopic (exact) mass is 402 g/mol. The lowest BCUT2D eigenvalue weighted by atomic mass is 10.2. The highest BCUT2D eigenvalue weighted by molar-refractivity contribution is 7.91. The molecule has 1 amide bonds. The number of nitrogens with one attached hydrogen (secondary N) is 1. The van der Waals surface area contributed by atoms with E-state index in [4.69, 9.17) is 11.6 Å². The molecule has 1 aromatic carbocycles. The molecule has 1 fully saturated rings. The van der Waals surface area contributed by atoms with E-state index < -0.39 is 21.7 Å². The maximum atomic E-state index is 13.7. The van der Waals surface area contributed by atoms with Crippen molar-refractivity contribution >= 4 is 38.9 Å². The summed E-state index contributed by atoms with van der Waals surface area (Å²) in [6, 6.07) is 6.94. The Kier molecular flexibility index (Phi) is 5.43. The first-order valence-corrected chi connectivity index (χ1v) is 10.3. The molecule has 5 nitrogen and oxygen atoms in total. The van der Waals surface area contributed by atoms with Crippen LogP contribution in [0.5, 0.6) is 0 Å². The van der Waals surface area contributed by atoms with Gasteiger partial charge in [-0.05, 0) is 43.2 Å². The fraction of sp³-hybridized carbons (Fsp3) is 0.312. The summed E-state index contributed by atoms with van der Waals surface area (Å²) in [6.07, 6.45) is 1.75. The highest BCUT2D eigenvalue weighted by Crippen LogP contribution is 2.27. The van der Waals surface area contributed by atoms with Gasteiger partial charge in [-0.1, -0.05) is 11.6 Å². The molecule has 1 saturated heterocycles. The smallest absolute Gasteiger partial charge is 0.254 e. The molecule has 0 saturated carbocycles. The van der Waals surface area contributed by atoms with Gasteiger partial charge in [0.2, 0.25) is 0 Å². The molecule has 1 aliphatic rings. The van der Waals surface area contributed by atoms with E-state index in [9.17, 15) is 17.6 Å². The van der Waals surface area contributed by atoms with Gasteiger partial charge in [0.05, 0.1) is 12.1 Å². The van der Waals surface area contributed by atoms with E-state index in [-0.39, 0.29) is 21.3 Å². The molecule has 0 atom stereocenters. The Morgan fingerprint density at radius 2 is 1.96 bits per heavy atom. The molecule has 25 heavy (non-hydrogen) atoms. The normalized spacial score (nSPS) is 15.4. The molecule has 9 heteroatoms. The van der Waals surface area contributed by atoms with Crippen molar-refractivity contribution in [2.24, 2.45) is 0 Å². The predicted octanol–water partition coefficient (Wildman–Crippen LogP) is 3.26. The number of carbonyl (C=O) groups is 1. The Bertz CT molecular complexity index is 893. The van der Waals surface area contributed by atoms with Gasteiger partial charge in [-0.2, -0.15) is 4.31 Å². The SMILES string of the molecule is O=C(NCc1ccc(S(=O)(=O)N2CCCC2)s1)c1cc(Cl)ccc1F. The second-order valence-electron chi connectivity index (χ2n) is 5.64. The van der Waals surface area contributed by atoms with Gasteiger partial charge in [0.1, 0.15) is 10.0 Å². The number of sulfonamides is 1. The van der Waals surface area contributed by atoms with Crippen LogP contribution in [-0.4, -0.2) is 31.7 Å². The van der Waals surface area contributed by atoms with Crippen molar-refractivity contribution in [1.82, 2.24) is 9.62 Å². The third kappa shape index (κ3) is 4.03. The average molecular weight is 403 g/mol. The minimum atomic E-state index is -3.46. The van der Waals surface area contributed by atoms with Gasteiger partial charge in [0, 0.05) is 23.0 Å². The van der Waals surface area contributed by atoms with Gasteiger partial charge in [-0.15, -0.1) is 11.3 Å². The van der Waals surface area contributed by atoms with Crippen LogP contribution in [0, 0.1) is 5.82 Å². The van der Waals surface area contributed by atoms with E-state index in [1.54, 1.807) is 12.1 Å². The minimum absolute atomic E-state index is 0.116. The first kappa shape index (κ1) is 18.3. The summed E-state index contributed by atoms with van der Waals surface area (Å²) >= 11 is 6.88. The summed E-state index contributed by atoms with van der Waals surface area (Å²) in [5.41, 5.74) is -0.144. The lowest BCUT2D eigenvalue weighted by Crippen LogP contribution is -2.27. The largest absolute Gasteiger partial charge is 0.347 e. The van der Waals surface area contributed by atoms with E-state index in [2.05, 4.69) is 5.32 Å². The summed E-state index contributed by atoms with van der Waals surface area (Å²) in [5, 5.41) is 2.85. The van der Waals surface area contributed by atoms with Crippen LogP contribution in [0.15, 0.2) is 34.5 Å². The van der Waals surface area contributed by atoms with Gasteiger partial charge in [-0.25, -0.2) is 12.8 Å². The van der Waals surface area contributed by atoms with Crippen LogP contribution in [0.1, 0.15) is 28.1 Å². The topological polar surface area (TPSA) is 66.5 Å². The third-order valence-corrected chi connectivity index (χ3v) is 7.58. The van der Waals surface area contributed by atoms with Crippen molar-refractivity contribution in [1.29, 1.82) is 0 Å². The molecule has 0 bridgehead atoms. The van der Waals surface area contributed by atoms with Crippen LogP contribution in [-0.2, 0) is 16.6 Å². The maximum Gasteiger partial charge on any atom is 0.254 e. The predicted molar refractivity (Wildman–Crippen MR) is 94.9 cm³/mol. The van der Waals surface area contributed by atoms with E-state index in [0.717, 1.165) is 30.2 Å². The summed E-state index contributed by atoms with van der Waals surface area (Å²) in [4.78, 5) is 12.7. The Morgan fingerprint density at radius 3 is 2.68 bits per heavy atom. The number of hydrogen-bond donors (Lipinski definition) is 1. The van der Waals surface area contributed by atoms with Crippen molar-refractivity contribution in [2.45, 2.75) is 23.6 Å². The van der Waals surface area contributed by atoms with Gasteiger partial charge in [0.25, 0.3) is 15.9 Å². The van der Waals surface area contributed by atoms with Gasteiger partial charge in [0.15, 0.2) is 0 Å². The first-order chi connectivity index (χ1) is 11.9. The molecule has 0 unspecified atom stereocenters. The van der Waals surface area contributed by atoms with Crippen LogP contribution in [0.3, 0.4) is 0 Å². The number of carbonyl (C=O) groups excluding carboxylic acids is 1. The summed E-state index contributed by atoms with van der Waals surface area (Å²) in [5.74, 6) is -1.26. The summed E-state index contributed by atoms with van der Waals surface area (Å²) in [7, 11) is -3.46. The quantitative estimate of drug-likeness (QED) is 0.834. The minimum Gasteiger partial charge on any atom is -0.347 e. The van der Waals surface area contributed by atoms with E-state index >= 15 is 0 Å². The highest BCUT2D eigenvalue weighted by Gasteiger charge is 2.28. The molecule has 1 N–H and O–H groups in total. The van der Waals surface area contributed by atoms with E-state index in [0.29, 0.717) is 18.0 Å². The number of rotatable bonds is 5. The lowest BCUT2D eigenvalue weighted by molar-refractivity contribution is 0.0947. The van der Waals surface area contributed by atoms with E-state index in [1.165, 1.54) is 16.4 Å². The average Bonchev–Trinajstić information content (AvgIpc) is 3.27. The van der Waals surface area contributed by atoms with Crippen LogP contribution in [0.25, 0.3) is 0 Å².